The molecule has 0 saturated heterocycles. The Hall–Kier alpha value is -4.53. The molecule has 0 aliphatic rings. The fourth-order valence-electron chi connectivity index (χ4n) is 3.41. The minimum Gasteiger partial charge on any atom is -0.375 e. The summed E-state index contributed by atoms with van der Waals surface area (Å²) in [5, 5.41) is 20.4. The molecule has 0 saturated carbocycles. The molecule has 4 rings (SSSR count). The lowest BCUT2D eigenvalue weighted by atomic mass is 10.1. The third-order valence-electron chi connectivity index (χ3n) is 5.26. The van der Waals surface area contributed by atoms with Gasteiger partial charge in [0.15, 0.2) is 0 Å². The summed E-state index contributed by atoms with van der Waals surface area (Å²) < 4.78 is 11.9. The van der Waals surface area contributed by atoms with E-state index in [9.17, 15) is 10.1 Å². The molecule has 3 heterocycles. The first-order valence-electron chi connectivity index (χ1n) is 11.1. The lowest BCUT2D eigenvalue weighted by molar-refractivity contribution is -0.119. The molecule has 3 aromatic heterocycles. The number of rotatable bonds is 9. The Labute approximate surface area is 207 Å². The number of pyridine rings is 1. The highest BCUT2D eigenvalue weighted by molar-refractivity contribution is 5.90. The number of methoxy groups -OCH3 is 2. The number of nitrogens with one attached hydrogen (secondary N) is 1. The number of carbonyl (C=O) groups excluding carboxylic acids is 1. The minimum absolute atomic E-state index is 0.0874. The second-order valence-electron chi connectivity index (χ2n) is 7.87. The first kappa shape index (κ1) is 24.6. The van der Waals surface area contributed by atoms with Crippen molar-refractivity contribution < 1.29 is 14.3 Å². The first-order valence-corrected chi connectivity index (χ1v) is 11.1. The maximum atomic E-state index is 12.1. The Morgan fingerprint density at radius 2 is 1.89 bits per heavy atom. The number of hydrogen-bond acceptors (Lipinski definition) is 9. The molecule has 1 N–H and O–H groups in total. The highest BCUT2D eigenvalue weighted by atomic mass is 16.5. The van der Waals surface area contributed by atoms with Crippen LogP contribution in [0.25, 0.3) is 22.6 Å². The number of ether oxygens (including phenoxy) is 2. The van der Waals surface area contributed by atoms with Crippen molar-refractivity contribution in [2.45, 2.75) is 19.6 Å². The molecule has 1 unspecified atom stereocenters. The van der Waals surface area contributed by atoms with Gasteiger partial charge in [0.25, 0.3) is 5.91 Å². The summed E-state index contributed by atoms with van der Waals surface area (Å²) in [7, 11) is 3.07. The standard InChI is InChI=1S/C25H24N8O3/c1-16(36-3)20-9-5-8-19(27-20)13-33-14-23(31-32-33)22-11-21(18-7-4-6-17(10-18)12-26)28-25(29-22)30-24(34)15-35-2/h4-11,14,16H,13,15H2,1-3H3,(H,28,29,30,34). The molecule has 0 spiro atoms. The van der Waals surface area contributed by atoms with Crippen molar-refractivity contribution in [3.63, 3.8) is 0 Å². The van der Waals surface area contributed by atoms with Crippen LogP contribution in [-0.2, 0) is 20.8 Å². The Morgan fingerprint density at radius 1 is 1.08 bits per heavy atom. The van der Waals surface area contributed by atoms with Crippen molar-refractivity contribution in [1.29, 1.82) is 5.26 Å². The fourth-order valence-corrected chi connectivity index (χ4v) is 3.41. The number of hydrogen-bond donors (Lipinski definition) is 1. The van der Waals surface area contributed by atoms with E-state index in [0.717, 1.165) is 11.4 Å². The van der Waals surface area contributed by atoms with E-state index in [0.29, 0.717) is 34.8 Å². The number of anilines is 1. The molecular weight excluding hydrogens is 460 g/mol. The van der Waals surface area contributed by atoms with E-state index in [4.69, 9.17) is 9.47 Å². The van der Waals surface area contributed by atoms with E-state index in [-0.39, 0.29) is 18.7 Å². The molecule has 182 valence electrons. The average molecular weight is 485 g/mol. The van der Waals surface area contributed by atoms with Crippen molar-refractivity contribution in [1.82, 2.24) is 29.9 Å². The highest BCUT2D eigenvalue weighted by Crippen LogP contribution is 2.25. The Morgan fingerprint density at radius 3 is 2.67 bits per heavy atom. The summed E-state index contributed by atoms with van der Waals surface area (Å²) in [5.41, 5.74) is 4.27. The van der Waals surface area contributed by atoms with Crippen LogP contribution < -0.4 is 5.32 Å². The SMILES string of the molecule is COCC(=O)Nc1nc(-c2cccc(C#N)c2)cc(-c2cn(Cc3cccc(C(C)OC)n3)nn2)n1. The molecule has 0 aliphatic carbocycles. The normalized spacial score (nSPS) is 11.6. The van der Waals surface area contributed by atoms with Gasteiger partial charge in [-0.3, -0.25) is 15.1 Å². The first-order chi connectivity index (χ1) is 17.5. The number of benzene rings is 1. The Kier molecular flexibility index (Phi) is 7.69. The minimum atomic E-state index is -0.397. The summed E-state index contributed by atoms with van der Waals surface area (Å²) in [6.07, 6.45) is 1.62. The summed E-state index contributed by atoms with van der Waals surface area (Å²) in [6, 6.07) is 16.6. The molecule has 1 amide bonds. The van der Waals surface area contributed by atoms with E-state index in [2.05, 4.69) is 36.7 Å². The van der Waals surface area contributed by atoms with Gasteiger partial charge in [0.2, 0.25) is 5.95 Å². The van der Waals surface area contributed by atoms with Gasteiger partial charge < -0.3 is 9.47 Å². The van der Waals surface area contributed by atoms with Crippen LogP contribution in [0.4, 0.5) is 5.95 Å². The third kappa shape index (κ3) is 5.93. The Bertz CT molecular complexity index is 1410. The molecule has 4 aromatic rings. The molecule has 1 atom stereocenters. The average Bonchev–Trinajstić information content (AvgIpc) is 3.37. The topological polar surface area (TPSA) is 141 Å². The maximum Gasteiger partial charge on any atom is 0.252 e. The summed E-state index contributed by atoms with van der Waals surface area (Å²) in [5.74, 6) is -0.310. The van der Waals surface area contributed by atoms with Crippen LogP contribution in [0.5, 0.6) is 0 Å². The van der Waals surface area contributed by atoms with Gasteiger partial charge in [-0.05, 0) is 37.3 Å². The van der Waals surface area contributed by atoms with Crippen LogP contribution in [-0.4, -0.2) is 56.7 Å². The zero-order chi connectivity index (χ0) is 25.5. The zero-order valence-corrected chi connectivity index (χ0v) is 20.0. The smallest absolute Gasteiger partial charge is 0.252 e. The second-order valence-corrected chi connectivity index (χ2v) is 7.87. The molecule has 0 aliphatic heterocycles. The van der Waals surface area contributed by atoms with Crippen molar-refractivity contribution in [2.24, 2.45) is 0 Å². The predicted molar refractivity (Wildman–Crippen MR) is 130 cm³/mol. The number of nitrogens with zero attached hydrogens (tertiary/aromatic N) is 7. The van der Waals surface area contributed by atoms with Crippen molar-refractivity contribution in [3.8, 4) is 28.7 Å². The number of aromatic nitrogens is 6. The van der Waals surface area contributed by atoms with Gasteiger partial charge in [0.1, 0.15) is 12.3 Å². The molecule has 1 aromatic carbocycles. The number of nitriles is 1. The third-order valence-corrected chi connectivity index (χ3v) is 5.26. The molecular formula is C25H24N8O3. The maximum absolute atomic E-state index is 12.1. The monoisotopic (exact) mass is 484 g/mol. The van der Waals surface area contributed by atoms with E-state index >= 15 is 0 Å². The second kappa shape index (κ2) is 11.3. The van der Waals surface area contributed by atoms with Crippen LogP contribution in [0.1, 0.15) is 30.0 Å². The molecule has 11 heteroatoms. The molecule has 36 heavy (non-hydrogen) atoms. The van der Waals surface area contributed by atoms with Crippen LogP contribution in [0.3, 0.4) is 0 Å². The van der Waals surface area contributed by atoms with Crippen LogP contribution in [0, 0.1) is 11.3 Å². The quantitative estimate of drug-likeness (QED) is 0.379. The molecule has 11 nitrogen and oxygen atoms in total. The predicted octanol–water partition coefficient (Wildman–Crippen LogP) is 3.01. The van der Waals surface area contributed by atoms with Crippen LogP contribution in [0.15, 0.2) is 54.7 Å². The molecule has 0 radical (unpaired) electrons. The van der Waals surface area contributed by atoms with E-state index in [1.165, 1.54) is 7.11 Å². The van der Waals surface area contributed by atoms with Gasteiger partial charge in [0.05, 0.1) is 53.3 Å². The number of amides is 1. The van der Waals surface area contributed by atoms with Gasteiger partial charge >= 0.3 is 0 Å². The lowest BCUT2D eigenvalue weighted by Crippen LogP contribution is -2.19. The largest absolute Gasteiger partial charge is 0.375 e. The molecule has 0 fully saturated rings. The van der Waals surface area contributed by atoms with Crippen molar-refractivity contribution in [3.05, 3.63) is 71.7 Å². The van der Waals surface area contributed by atoms with Gasteiger partial charge in [-0.25, -0.2) is 14.6 Å². The Balaban J connectivity index is 1.66. The van der Waals surface area contributed by atoms with Gasteiger partial charge in [-0.2, -0.15) is 5.26 Å². The van der Waals surface area contributed by atoms with Crippen molar-refractivity contribution >= 4 is 11.9 Å². The highest BCUT2D eigenvalue weighted by Gasteiger charge is 2.14. The van der Waals surface area contributed by atoms with E-state index < -0.39 is 5.91 Å². The zero-order valence-electron chi connectivity index (χ0n) is 20.0. The van der Waals surface area contributed by atoms with Gasteiger partial charge in [-0.1, -0.05) is 23.4 Å². The lowest BCUT2D eigenvalue weighted by Gasteiger charge is -2.10. The summed E-state index contributed by atoms with van der Waals surface area (Å²) in [6.45, 7) is 2.19. The van der Waals surface area contributed by atoms with E-state index in [1.54, 1.807) is 42.3 Å². The fraction of sp³-hybridized carbons (Fsp3) is 0.240. The summed E-state index contributed by atoms with van der Waals surface area (Å²) >= 11 is 0. The van der Waals surface area contributed by atoms with Crippen LogP contribution >= 0.6 is 0 Å². The van der Waals surface area contributed by atoms with E-state index in [1.807, 2.05) is 31.2 Å². The van der Waals surface area contributed by atoms with Crippen molar-refractivity contribution in [2.75, 3.05) is 26.1 Å². The van der Waals surface area contributed by atoms with Gasteiger partial charge in [0, 0.05) is 19.8 Å². The van der Waals surface area contributed by atoms with Gasteiger partial charge in [-0.15, -0.1) is 5.10 Å². The summed E-state index contributed by atoms with van der Waals surface area (Å²) in [4.78, 5) is 25.6. The van der Waals surface area contributed by atoms with Crippen LogP contribution in [0.2, 0.25) is 0 Å². The molecule has 0 bridgehead atoms. The number of carbonyl (C=O) groups is 1.